The summed E-state index contributed by atoms with van der Waals surface area (Å²) in [5.41, 5.74) is 3.84. The zero-order chi connectivity index (χ0) is 26.0. The number of thiazole rings is 1. The number of hydrogen-bond acceptors (Lipinski definition) is 7. The predicted molar refractivity (Wildman–Crippen MR) is 146 cm³/mol. The van der Waals surface area contributed by atoms with Crippen LogP contribution in [0.2, 0.25) is 0 Å². The van der Waals surface area contributed by atoms with Gasteiger partial charge in [-0.15, -0.1) is 11.3 Å². The molecular weight excluding hydrogens is 491 g/mol. The lowest BCUT2D eigenvalue weighted by molar-refractivity contribution is -0.114. The van der Waals surface area contributed by atoms with E-state index in [4.69, 9.17) is 4.74 Å². The van der Waals surface area contributed by atoms with E-state index in [9.17, 15) is 14.3 Å². The molecule has 1 heterocycles. The lowest BCUT2D eigenvalue weighted by atomic mass is 10.0. The second kappa shape index (κ2) is 13.0. The molecule has 0 spiro atoms. The van der Waals surface area contributed by atoms with Crippen LogP contribution in [0.1, 0.15) is 12.5 Å². The van der Waals surface area contributed by atoms with Crippen LogP contribution in [0.25, 0.3) is 11.3 Å². The summed E-state index contributed by atoms with van der Waals surface area (Å²) in [7, 11) is 0. The highest BCUT2D eigenvalue weighted by atomic mass is 32.1. The van der Waals surface area contributed by atoms with Gasteiger partial charge in [-0.3, -0.25) is 4.79 Å². The Balaban J connectivity index is 1.36. The van der Waals surface area contributed by atoms with Crippen molar-refractivity contribution in [2.45, 2.75) is 19.4 Å². The van der Waals surface area contributed by atoms with E-state index in [0.29, 0.717) is 35.3 Å². The third-order valence-corrected chi connectivity index (χ3v) is 6.16. The molecule has 0 aliphatic rings. The van der Waals surface area contributed by atoms with Crippen molar-refractivity contribution < 1.29 is 19.0 Å². The molecule has 4 rings (SSSR count). The third kappa shape index (κ3) is 8.11. The van der Waals surface area contributed by atoms with Gasteiger partial charge in [-0.2, -0.15) is 0 Å². The van der Waals surface area contributed by atoms with Gasteiger partial charge in [-0.05, 0) is 61.0 Å². The van der Waals surface area contributed by atoms with Crippen LogP contribution >= 0.6 is 11.3 Å². The van der Waals surface area contributed by atoms with Crippen LogP contribution < -0.4 is 20.7 Å². The molecule has 37 heavy (non-hydrogen) atoms. The number of nitrogens with zero attached hydrogens (tertiary/aromatic N) is 1. The standard InChI is InChI=1S/C28H29FN4O3S/c1-19(34)31-26-11-10-20(12-13-30-16-23(35)17-36-24-8-3-2-4-9-24)14-25(26)27-18-37-28(33-27)32-22-7-5-6-21(29)15-22/h2-11,14-15,18,23,30,35H,12-13,16-17H2,1H3,(H,31,34)(H,32,33)/t23-/m0/s1. The fourth-order valence-corrected chi connectivity index (χ4v) is 4.40. The van der Waals surface area contributed by atoms with Crippen LogP contribution in [0.3, 0.4) is 0 Å². The van der Waals surface area contributed by atoms with Gasteiger partial charge >= 0.3 is 0 Å². The van der Waals surface area contributed by atoms with Crippen molar-refractivity contribution in [2.24, 2.45) is 0 Å². The molecule has 0 bridgehead atoms. The van der Waals surface area contributed by atoms with Gasteiger partial charge in [0.1, 0.15) is 24.3 Å². The highest BCUT2D eigenvalue weighted by molar-refractivity contribution is 7.14. The number of aromatic nitrogens is 1. The number of para-hydroxylation sites is 1. The van der Waals surface area contributed by atoms with Gasteiger partial charge in [0.15, 0.2) is 5.13 Å². The molecule has 0 aliphatic carbocycles. The molecule has 0 radical (unpaired) electrons. The van der Waals surface area contributed by atoms with Crippen LogP contribution in [0.4, 0.5) is 20.9 Å². The lowest BCUT2D eigenvalue weighted by Gasteiger charge is -2.14. The van der Waals surface area contributed by atoms with Gasteiger partial charge in [0.2, 0.25) is 5.91 Å². The second-order valence-corrected chi connectivity index (χ2v) is 9.32. The summed E-state index contributed by atoms with van der Waals surface area (Å²) in [5.74, 6) is 0.229. The maximum absolute atomic E-state index is 13.5. The van der Waals surface area contributed by atoms with Gasteiger partial charge in [0.05, 0.1) is 11.4 Å². The second-order valence-electron chi connectivity index (χ2n) is 8.47. The number of nitrogens with one attached hydrogen (secondary N) is 3. The number of hydrogen-bond donors (Lipinski definition) is 4. The molecule has 9 heteroatoms. The van der Waals surface area contributed by atoms with E-state index in [0.717, 1.165) is 23.3 Å². The molecule has 0 aliphatic heterocycles. The quantitative estimate of drug-likeness (QED) is 0.191. The minimum Gasteiger partial charge on any atom is -0.491 e. The van der Waals surface area contributed by atoms with Crippen molar-refractivity contribution in [3.63, 3.8) is 0 Å². The number of amides is 1. The zero-order valence-electron chi connectivity index (χ0n) is 20.4. The van der Waals surface area contributed by atoms with E-state index < -0.39 is 6.10 Å². The highest BCUT2D eigenvalue weighted by Crippen LogP contribution is 2.33. The van der Waals surface area contributed by atoms with E-state index in [2.05, 4.69) is 20.9 Å². The van der Waals surface area contributed by atoms with Crippen molar-refractivity contribution in [2.75, 3.05) is 30.3 Å². The minimum absolute atomic E-state index is 0.171. The van der Waals surface area contributed by atoms with Crippen LogP contribution in [0, 0.1) is 5.82 Å². The van der Waals surface area contributed by atoms with Crippen LogP contribution in [0.5, 0.6) is 5.75 Å². The van der Waals surface area contributed by atoms with E-state index >= 15 is 0 Å². The zero-order valence-corrected chi connectivity index (χ0v) is 21.2. The first-order chi connectivity index (χ1) is 18.0. The van der Waals surface area contributed by atoms with Crippen LogP contribution in [0.15, 0.2) is 78.2 Å². The van der Waals surface area contributed by atoms with Crippen molar-refractivity contribution >= 4 is 33.8 Å². The summed E-state index contributed by atoms with van der Waals surface area (Å²) in [6, 6.07) is 21.4. The molecule has 0 saturated carbocycles. The normalized spacial score (nSPS) is 11.6. The van der Waals surface area contributed by atoms with Gasteiger partial charge in [0.25, 0.3) is 0 Å². The van der Waals surface area contributed by atoms with Crippen LogP contribution in [-0.4, -0.2) is 41.8 Å². The molecule has 0 saturated heterocycles. The number of ether oxygens (including phenoxy) is 1. The van der Waals surface area contributed by atoms with Crippen molar-refractivity contribution in [1.29, 1.82) is 0 Å². The first-order valence-corrected chi connectivity index (χ1v) is 12.8. The van der Waals surface area contributed by atoms with E-state index in [1.54, 1.807) is 12.1 Å². The molecule has 4 aromatic rings. The number of anilines is 3. The monoisotopic (exact) mass is 520 g/mol. The molecule has 0 unspecified atom stereocenters. The topological polar surface area (TPSA) is 95.5 Å². The van der Waals surface area contributed by atoms with E-state index in [-0.39, 0.29) is 18.3 Å². The molecule has 1 atom stereocenters. The summed E-state index contributed by atoms with van der Waals surface area (Å²) in [5, 5.41) is 21.9. The number of aliphatic hydroxyl groups excluding tert-OH is 1. The minimum atomic E-state index is -0.628. The van der Waals surface area contributed by atoms with Crippen LogP contribution in [-0.2, 0) is 11.2 Å². The Hall–Kier alpha value is -3.79. The molecule has 3 aromatic carbocycles. The number of aliphatic hydroxyl groups is 1. The molecule has 0 fully saturated rings. The van der Waals surface area contributed by atoms with Crippen molar-refractivity contribution in [1.82, 2.24) is 10.3 Å². The summed E-state index contributed by atoms with van der Waals surface area (Å²) in [6.45, 7) is 2.74. The first kappa shape index (κ1) is 26.3. The fraction of sp³-hybridized carbons (Fsp3) is 0.214. The smallest absolute Gasteiger partial charge is 0.221 e. The van der Waals surface area contributed by atoms with Gasteiger partial charge in [-0.1, -0.05) is 30.3 Å². The average Bonchev–Trinajstić information content (AvgIpc) is 3.34. The number of benzene rings is 3. The predicted octanol–water partition coefficient (Wildman–Crippen LogP) is 5.22. The number of halogens is 1. The Morgan fingerprint density at radius 2 is 1.95 bits per heavy atom. The lowest BCUT2D eigenvalue weighted by Crippen LogP contribution is -2.32. The largest absolute Gasteiger partial charge is 0.491 e. The molecule has 192 valence electrons. The van der Waals surface area contributed by atoms with Gasteiger partial charge in [-0.25, -0.2) is 9.37 Å². The van der Waals surface area contributed by atoms with Gasteiger partial charge < -0.3 is 25.8 Å². The highest BCUT2D eigenvalue weighted by Gasteiger charge is 2.13. The summed E-state index contributed by atoms with van der Waals surface area (Å²) < 4.78 is 19.1. The van der Waals surface area contributed by atoms with Crippen molar-refractivity contribution in [3.8, 4) is 17.0 Å². The number of carbonyl (C=O) groups is 1. The summed E-state index contributed by atoms with van der Waals surface area (Å²) in [4.78, 5) is 16.4. The van der Waals surface area contributed by atoms with E-state index in [1.807, 2.05) is 53.9 Å². The Kier molecular flexibility index (Phi) is 9.20. The van der Waals surface area contributed by atoms with Gasteiger partial charge in [0, 0.05) is 30.1 Å². The molecule has 7 nitrogen and oxygen atoms in total. The average molecular weight is 521 g/mol. The fourth-order valence-electron chi connectivity index (χ4n) is 3.67. The Bertz CT molecular complexity index is 1320. The number of rotatable bonds is 12. The molecule has 1 aromatic heterocycles. The SMILES string of the molecule is CC(=O)Nc1ccc(CCNC[C@H](O)COc2ccccc2)cc1-c1csc(Nc2cccc(F)c2)n1. The Labute approximate surface area is 219 Å². The summed E-state index contributed by atoms with van der Waals surface area (Å²) in [6.07, 6.45) is 0.0925. The van der Waals surface area contributed by atoms with E-state index in [1.165, 1.54) is 30.4 Å². The number of carbonyl (C=O) groups excluding carboxylic acids is 1. The molecular formula is C28H29FN4O3S. The maximum Gasteiger partial charge on any atom is 0.221 e. The molecule has 4 N–H and O–H groups in total. The van der Waals surface area contributed by atoms with Crippen molar-refractivity contribution in [3.05, 3.63) is 89.6 Å². The third-order valence-electron chi connectivity index (χ3n) is 5.41. The maximum atomic E-state index is 13.5. The molecule has 1 amide bonds. The summed E-state index contributed by atoms with van der Waals surface area (Å²) >= 11 is 1.40. The Morgan fingerprint density at radius 3 is 2.73 bits per heavy atom. The Morgan fingerprint density at radius 1 is 1.11 bits per heavy atom. The first-order valence-electron chi connectivity index (χ1n) is 11.9.